The van der Waals surface area contributed by atoms with Crippen LogP contribution >= 0.6 is 0 Å². The summed E-state index contributed by atoms with van der Waals surface area (Å²) in [5, 5.41) is 0. The molecule has 1 aromatic carbocycles. The van der Waals surface area contributed by atoms with Crippen molar-refractivity contribution in [3.8, 4) is 17.4 Å². The predicted octanol–water partition coefficient (Wildman–Crippen LogP) is 4.82. The van der Waals surface area contributed by atoms with Crippen molar-refractivity contribution in [2.24, 2.45) is 5.92 Å². The van der Waals surface area contributed by atoms with Crippen LogP contribution in [0.1, 0.15) is 39.7 Å². The maximum absolute atomic E-state index is 11.7. The lowest BCUT2D eigenvalue weighted by molar-refractivity contribution is -0.121. The molecular formula is C20H25NO3. The largest absolute Gasteiger partial charge is 0.475 e. The van der Waals surface area contributed by atoms with E-state index in [1.54, 1.807) is 12.3 Å². The molecule has 1 aromatic heterocycles. The van der Waals surface area contributed by atoms with Gasteiger partial charge in [-0.2, -0.15) is 0 Å². The third kappa shape index (κ3) is 5.69. The van der Waals surface area contributed by atoms with Gasteiger partial charge < -0.3 is 9.47 Å². The van der Waals surface area contributed by atoms with Gasteiger partial charge in [0.2, 0.25) is 5.88 Å². The molecule has 0 saturated carbocycles. The molecule has 0 spiro atoms. The molecule has 2 rings (SSSR count). The number of ketones is 1. The molecular weight excluding hydrogens is 302 g/mol. The highest BCUT2D eigenvalue weighted by Gasteiger charge is 2.07. The zero-order chi connectivity index (χ0) is 17.5. The molecule has 0 saturated heterocycles. The molecule has 0 N–H and O–H groups in total. The van der Waals surface area contributed by atoms with Crippen LogP contribution in [0.4, 0.5) is 0 Å². The standard InChI is InChI=1S/C20H25NO3/c1-14(2)19(22)11-7-16-5-8-17(9-6-16)24-18-10-12-20(21-13-18)23-15(3)4/h5-6,8-10,12-15H,7,11H2,1-4H3. The zero-order valence-corrected chi connectivity index (χ0v) is 14.8. The van der Waals surface area contributed by atoms with Crippen molar-refractivity contribution in [1.82, 2.24) is 4.98 Å². The summed E-state index contributed by atoms with van der Waals surface area (Å²) < 4.78 is 11.3. The number of hydrogen-bond donors (Lipinski definition) is 0. The maximum atomic E-state index is 11.7. The average Bonchev–Trinajstić information content (AvgIpc) is 2.55. The van der Waals surface area contributed by atoms with Gasteiger partial charge in [-0.05, 0) is 44.0 Å². The van der Waals surface area contributed by atoms with Crippen molar-refractivity contribution in [3.05, 3.63) is 48.2 Å². The van der Waals surface area contributed by atoms with Crippen molar-refractivity contribution in [3.63, 3.8) is 0 Å². The number of benzene rings is 1. The number of aryl methyl sites for hydroxylation is 1. The summed E-state index contributed by atoms with van der Waals surface area (Å²) in [5.74, 6) is 2.39. The Labute approximate surface area is 143 Å². The van der Waals surface area contributed by atoms with Crippen LogP contribution in [-0.4, -0.2) is 16.9 Å². The number of carbonyl (C=O) groups is 1. The first-order valence-corrected chi connectivity index (χ1v) is 8.36. The Morgan fingerprint density at radius 1 is 1.00 bits per heavy atom. The van der Waals surface area contributed by atoms with Crippen LogP contribution in [0.25, 0.3) is 0 Å². The number of rotatable bonds is 8. The average molecular weight is 327 g/mol. The minimum Gasteiger partial charge on any atom is -0.475 e. The molecule has 0 bridgehead atoms. The second kappa shape index (κ2) is 8.48. The quantitative estimate of drug-likeness (QED) is 0.697. The van der Waals surface area contributed by atoms with Gasteiger partial charge in [0, 0.05) is 18.4 Å². The molecule has 0 aliphatic carbocycles. The van der Waals surface area contributed by atoms with Crippen LogP contribution in [0.5, 0.6) is 17.4 Å². The fourth-order valence-electron chi connectivity index (χ4n) is 2.15. The van der Waals surface area contributed by atoms with Gasteiger partial charge in [0.05, 0.1) is 12.3 Å². The smallest absolute Gasteiger partial charge is 0.213 e. The van der Waals surface area contributed by atoms with Crippen LogP contribution in [0.15, 0.2) is 42.6 Å². The molecule has 0 amide bonds. The summed E-state index contributed by atoms with van der Waals surface area (Å²) in [7, 11) is 0. The first-order valence-electron chi connectivity index (χ1n) is 8.36. The van der Waals surface area contributed by atoms with Crippen LogP contribution in [-0.2, 0) is 11.2 Å². The summed E-state index contributed by atoms with van der Waals surface area (Å²) in [6, 6.07) is 11.4. The first kappa shape index (κ1) is 18.0. The minimum atomic E-state index is 0.0967. The fraction of sp³-hybridized carbons (Fsp3) is 0.400. The Morgan fingerprint density at radius 2 is 1.67 bits per heavy atom. The highest BCUT2D eigenvalue weighted by Crippen LogP contribution is 2.23. The van der Waals surface area contributed by atoms with E-state index in [4.69, 9.17) is 9.47 Å². The van der Waals surface area contributed by atoms with Crippen molar-refractivity contribution in [1.29, 1.82) is 0 Å². The lowest BCUT2D eigenvalue weighted by atomic mass is 10.0. The zero-order valence-electron chi connectivity index (χ0n) is 14.8. The van der Waals surface area contributed by atoms with E-state index in [0.29, 0.717) is 23.8 Å². The van der Waals surface area contributed by atoms with E-state index < -0.39 is 0 Å². The van der Waals surface area contributed by atoms with Crippen molar-refractivity contribution in [2.45, 2.75) is 46.6 Å². The van der Waals surface area contributed by atoms with Gasteiger partial charge in [0.25, 0.3) is 0 Å². The van der Waals surface area contributed by atoms with E-state index in [1.165, 1.54) is 0 Å². The lowest BCUT2D eigenvalue weighted by Gasteiger charge is -2.10. The second-order valence-electron chi connectivity index (χ2n) is 6.37. The summed E-state index contributed by atoms with van der Waals surface area (Å²) in [5.41, 5.74) is 1.13. The number of nitrogens with zero attached hydrogens (tertiary/aromatic N) is 1. The van der Waals surface area contributed by atoms with Crippen molar-refractivity contribution < 1.29 is 14.3 Å². The number of Topliss-reactive ketones (excluding diaryl/α,β-unsaturated/α-hetero) is 1. The molecule has 24 heavy (non-hydrogen) atoms. The van der Waals surface area contributed by atoms with Crippen molar-refractivity contribution in [2.75, 3.05) is 0 Å². The van der Waals surface area contributed by atoms with Crippen LogP contribution in [0.3, 0.4) is 0 Å². The normalized spacial score (nSPS) is 10.9. The number of pyridine rings is 1. The molecule has 0 fully saturated rings. The van der Waals surface area contributed by atoms with E-state index in [1.807, 2.05) is 58.0 Å². The van der Waals surface area contributed by atoms with E-state index in [9.17, 15) is 4.79 Å². The third-order valence-electron chi connectivity index (χ3n) is 3.53. The van der Waals surface area contributed by atoms with Crippen LogP contribution in [0, 0.1) is 5.92 Å². The highest BCUT2D eigenvalue weighted by atomic mass is 16.5. The van der Waals surface area contributed by atoms with Gasteiger partial charge in [-0.3, -0.25) is 4.79 Å². The Kier molecular flexibility index (Phi) is 6.36. The van der Waals surface area contributed by atoms with Gasteiger partial charge >= 0.3 is 0 Å². The van der Waals surface area contributed by atoms with Gasteiger partial charge in [0.1, 0.15) is 17.3 Å². The topological polar surface area (TPSA) is 48.4 Å². The molecule has 0 unspecified atom stereocenters. The molecule has 0 aliphatic rings. The fourth-order valence-corrected chi connectivity index (χ4v) is 2.15. The van der Waals surface area contributed by atoms with Gasteiger partial charge in [-0.1, -0.05) is 26.0 Å². The Hall–Kier alpha value is -2.36. The SMILES string of the molecule is CC(C)Oc1ccc(Oc2ccc(CCC(=O)C(C)C)cc2)cn1. The van der Waals surface area contributed by atoms with Crippen LogP contribution in [0.2, 0.25) is 0 Å². The molecule has 0 radical (unpaired) electrons. The summed E-state index contributed by atoms with van der Waals surface area (Å²) in [6.45, 7) is 7.79. The number of aromatic nitrogens is 1. The summed E-state index contributed by atoms with van der Waals surface area (Å²) in [4.78, 5) is 15.9. The number of carbonyl (C=O) groups excluding carboxylic acids is 1. The van der Waals surface area contributed by atoms with Crippen molar-refractivity contribution >= 4 is 5.78 Å². The van der Waals surface area contributed by atoms with Gasteiger partial charge in [-0.15, -0.1) is 0 Å². The molecule has 2 aromatic rings. The van der Waals surface area contributed by atoms with E-state index in [2.05, 4.69) is 4.98 Å². The first-order chi connectivity index (χ1) is 11.4. The minimum absolute atomic E-state index is 0.0967. The number of ether oxygens (including phenoxy) is 2. The third-order valence-corrected chi connectivity index (χ3v) is 3.53. The Balaban J connectivity index is 1.90. The van der Waals surface area contributed by atoms with E-state index in [-0.39, 0.29) is 12.0 Å². The summed E-state index contributed by atoms with van der Waals surface area (Å²) >= 11 is 0. The second-order valence-corrected chi connectivity index (χ2v) is 6.37. The van der Waals surface area contributed by atoms with E-state index in [0.717, 1.165) is 17.7 Å². The molecule has 1 heterocycles. The molecule has 0 atom stereocenters. The molecule has 4 nitrogen and oxygen atoms in total. The monoisotopic (exact) mass is 327 g/mol. The summed E-state index contributed by atoms with van der Waals surface area (Å²) in [6.07, 6.45) is 3.09. The highest BCUT2D eigenvalue weighted by molar-refractivity contribution is 5.80. The number of hydrogen-bond acceptors (Lipinski definition) is 4. The van der Waals surface area contributed by atoms with Gasteiger partial charge in [0.15, 0.2) is 0 Å². The van der Waals surface area contributed by atoms with Gasteiger partial charge in [-0.25, -0.2) is 4.98 Å². The predicted molar refractivity (Wildman–Crippen MR) is 94.7 cm³/mol. The maximum Gasteiger partial charge on any atom is 0.213 e. The Bertz CT molecular complexity index is 646. The molecule has 4 heteroatoms. The molecule has 0 aliphatic heterocycles. The molecule has 128 valence electrons. The van der Waals surface area contributed by atoms with E-state index >= 15 is 0 Å². The lowest BCUT2D eigenvalue weighted by Crippen LogP contribution is -2.07. The van der Waals surface area contributed by atoms with Crippen LogP contribution < -0.4 is 9.47 Å². The Morgan fingerprint density at radius 3 is 2.21 bits per heavy atom.